The normalized spacial score (nSPS) is 16.5. The number of benzene rings is 2. The molecule has 1 aliphatic heterocycles. The minimum Gasteiger partial charge on any atom is -0.494 e. The number of carbonyl (C=O) groups is 1. The molecule has 3 heterocycles. The lowest BCUT2D eigenvalue weighted by Crippen LogP contribution is -2.38. The van der Waals surface area contributed by atoms with Crippen LogP contribution in [-0.2, 0) is 19.4 Å². The Kier molecular flexibility index (Phi) is 6.05. The van der Waals surface area contributed by atoms with Gasteiger partial charge in [0.2, 0.25) is 0 Å². The SMILES string of the molecule is CCOc1ccc(NC(=O)N2Cc3c(sc4c3CCCC4)-n3cccc3[C@@H]2c2cccc(C)c2)cc1. The third kappa shape index (κ3) is 4.09. The second-order valence-corrected chi connectivity index (χ2v) is 10.7. The summed E-state index contributed by atoms with van der Waals surface area (Å²) in [5.74, 6) is 0.801. The van der Waals surface area contributed by atoms with E-state index in [0.717, 1.165) is 35.5 Å². The van der Waals surface area contributed by atoms with Gasteiger partial charge in [-0.15, -0.1) is 11.3 Å². The fourth-order valence-corrected chi connectivity index (χ4v) is 6.98. The molecule has 2 aromatic carbocycles. The number of rotatable bonds is 4. The molecule has 184 valence electrons. The third-order valence-electron chi connectivity index (χ3n) is 7.21. The van der Waals surface area contributed by atoms with Gasteiger partial charge in [-0.3, -0.25) is 0 Å². The molecule has 0 bridgehead atoms. The first kappa shape index (κ1) is 22.9. The second kappa shape index (κ2) is 9.51. The first-order valence-electron chi connectivity index (χ1n) is 12.8. The van der Waals surface area contributed by atoms with Crippen LogP contribution in [0.5, 0.6) is 5.75 Å². The Hall–Kier alpha value is -3.51. The summed E-state index contributed by atoms with van der Waals surface area (Å²) in [4.78, 5) is 17.5. The average Bonchev–Trinajstić information content (AvgIpc) is 3.47. The van der Waals surface area contributed by atoms with E-state index in [1.807, 2.05) is 47.4 Å². The number of aromatic nitrogens is 1. The molecular weight excluding hydrogens is 466 g/mol. The summed E-state index contributed by atoms with van der Waals surface area (Å²) in [6.07, 6.45) is 6.87. The minimum absolute atomic E-state index is 0.0953. The van der Waals surface area contributed by atoms with Crippen LogP contribution in [0, 0.1) is 6.92 Å². The predicted molar refractivity (Wildman–Crippen MR) is 145 cm³/mol. The molecule has 2 aliphatic rings. The van der Waals surface area contributed by atoms with Gasteiger partial charge in [0, 0.05) is 22.3 Å². The minimum atomic E-state index is -0.193. The largest absolute Gasteiger partial charge is 0.494 e. The fourth-order valence-electron chi connectivity index (χ4n) is 5.57. The van der Waals surface area contributed by atoms with Gasteiger partial charge in [0.15, 0.2) is 0 Å². The first-order valence-corrected chi connectivity index (χ1v) is 13.6. The molecule has 36 heavy (non-hydrogen) atoms. The Morgan fingerprint density at radius 2 is 1.89 bits per heavy atom. The van der Waals surface area contributed by atoms with Gasteiger partial charge in [0.25, 0.3) is 0 Å². The number of hydrogen-bond donors (Lipinski definition) is 1. The molecule has 6 rings (SSSR count). The van der Waals surface area contributed by atoms with Crippen molar-refractivity contribution in [2.75, 3.05) is 11.9 Å². The molecule has 4 aromatic rings. The molecule has 6 heteroatoms. The highest BCUT2D eigenvalue weighted by atomic mass is 32.1. The number of nitrogens with one attached hydrogen (secondary N) is 1. The van der Waals surface area contributed by atoms with Crippen LogP contribution >= 0.6 is 11.3 Å². The predicted octanol–water partition coefficient (Wildman–Crippen LogP) is 7.26. The lowest BCUT2D eigenvalue weighted by atomic mass is 9.95. The highest BCUT2D eigenvalue weighted by Crippen LogP contribution is 2.44. The number of anilines is 1. The number of nitrogens with zero attached hydrogens (tertiary/aromatic N) is 2. The van der Waals surface area contributed by atoms with E-state index < -0.39 is 0 Å². The van der Waals surface area contributed by atoms with Gasteiger partial charge in [-0.1, -0.05) is 29.8 Å². The van der Waals surface area contributed by atoms with Crippen LogP contribution in [0.3, 0.4) is 0 Å². The number of hydrogen-bond acceptors (Lipinski definition) is 3. The van der Waals surface area contributed by atoms with Crippen LogP contribution < -0.4 is 10.1 Å². The van der Waals surface area contributed by atoms with E-state index in [4.69, 9.17) is 4.74 Å². The molecule has 0 spiro atoms. The van der Waals surface area contributed by atoms with Crippen molar-refractivity contribution >= 4 is 23.1 Å². The van der Waals surface area contributed by atoms with Crippen molar-refractivity contribution in [2.45, 2.75) is 52.1 Å². The van der Waals surface area contributed by atoms with Crippen LogP contribution in [0.25, 0.3) is 5.00 Å². The number of aryl methyl sites for hydroxylation is 2. The van der Waals surface area contributed by atoms with Crippen molar-refractivity contribution in [1.82, 2.24) is 9.47 Å². The Morgan fingerprint density at radius 3 is 2.69 bits per heavy atom. The topological polar surface area (TPSA) is 46.5 Å². The maximum atomic E-state index is 14.0. The Labute approximate surface area is 216 Å². The molecule has 0 saturated carbocycles. The number of thiophene rings is 1. The smallest absolute Gasteiger partial charge is 0.322 e. The summed E-state index contributed by atoms with van der Waals surface area (Å²) in [5, 5.41) is 4.45. The molecule has 2 amide bonds. The third-order valence-corrected chi connectivity index (χ3v) is 8.55. The monoisotopic (exact) mass is 497 g/mol. The van der Waals surface area contributed by atoms with Gasteiger partial charge in [-0.05, 0) is 87.1 Å². The Bertz CT molecular complexity index is 1400. The highest BCUT2D eigenvalue weighted by molar-refractivity contribution is 7.15. The van der Waals surface area contributed by atoms with E-state index in [2.05, 4.69) is 59.4 Å². The van der Waals surface area contributed by atoms with Crippen LogP contribution in [-0.4, -0.2) is 22.1 Å². The first-order chi connectivity index (χ1) is 17.6. The molecule has 1 aliphatic carbocycles. The van der Waals surface area contributed by atoms with E-state index in [9.17, 15) is 4.79 Å². The summed E-state index contributed by atoms with van der Waals surface area (Å²) >= 11 is 1.91. The van der Waals surface area contributed by atoms with E-state index in [-0.39, 0.29) is 12.1 Å². The molecule has 0 saturated heterocycles. The molecule has 1 atom stereocenters. The molecule has 0 radical (unpaired) electrons. The standard InChI is InChI=1S/C30H31N3O2S/c1-3-35-23-15-13-22(14-16-23)31-30(34)33-19-25-24-10-4-5-12-27(24)36-29(25)32-17-7-11-26(32)28(33)21-9-6-8-20(2)18-21/h6-9,11,13-18,28H,3-5,10,12,19H2,1-2H3,(H,31,34)/t28-/m0/s1. The number of carbonyl (C=O) groups excluding carboxylic acids is 1. The molecular formula is C30H31N3O2S. The van der Waals surface area contributed by atoms with Crippen LogP contribution in [0.2, 0.25) is 0 Å². The second-order valence-electron chi connectivity index (χ2n) is 9.63. The van der Waals surface area contributed by atoms with E-state index in [1.54, 1.807) is 0 Å². The van der Waals surface area contributed by atoms with E-state index in [1.165, 1.54) is 39.4 Å². The van der Waals surface area contributed by atoms with Gasteiger partial charge < -0.3 is 19.5 Å². The van der Waals surface area contributed by atoms with Gasteiger partial charge in [-0.2, -0.15) is 0 Å². The van der Waals surface area contributed by atoms with Crippen LogP contribution in [0.15, 0.2) is 66.9 Å². The summed E-state index contributed by atoms with van der Waals surface area (Å²) in [5.41, 5.74) is 6.97. The lowest BCUT2D eigenvalue weighted by Gasteiger charge is -2.31. The number of fused-ring (bicyclic) bond motifs is 5. The van der Waals surface area contributed by atoms with E-state index in [0.29, 0.717) is 13.2 Å². The van der Waals surface area contributed by atoms with E-state index >= 15 is 0 Å². The maximum absolute atomic E-state index is 14.0. The van der Waals surface area contributed by atoms with Gasteiger partial charge in [0.05, 0.1) is 24.9 Å². The van der Waals surface area contributed by atoms with Crippen LogP contribution in [0.4, 0.5) is 10.5 Å². The fraction of sp³-hybridized carbons (Fsp3) is 0.300. The molecule has 0 fully saturated rings. The number of urea groups is 1. The average molecular weight is 498 g/mol. The quantitative estimate of drug-likeness (QED) is 0.322. The molecule has 5 nitrogen and oxygen atoms in total. The Morgan fingerprint density at radius 1 is 1.06 bits per heavy atom. The summed E-state index contributed by atoms with van der Waals surface area (Å²) in [6.45, 7) is 5.28. The van der Waals surface area contributed by atoms with Crippen molar-refractivity contribution < 1.29 is 9.53 Å². The zero-order chi connectivity index (χ0) is 24.6. The summed E-state index contributed by atoms with van der Waals surface area (Å²) in [7, 11) is 0. The maximum Gasteiger partial charge on any atom is 0.322 e. The summed E-state index contributed by atoms with van der Waals surface area (Å²) in [6, 6.07) is 20.1. The van der Waals surface area contributed by atoms with Crippen molar-refractivity contribution in [3.05, 3.63) is 99.7 Å². The number of ether oxygens (including phenoxy) is 1. The lowest BCUT2D eigenvalue weighted by molar-refractivity contribution is 0.194. The summed E-state index contributed by atoms with van der Waals surface area (Å²) < 4.78 is 7.90. The number of amides is 2. The van der Waals surface area contributed by atoms with Gasteiger partial charge >= 0.3 is 6.03 Å². The van der Waals surface area contributed by atoms with Crippen molar-refractivity contribution in [3.8, 4) is 10.8 Å². The molecule has 0 unspecified atom stereocenters. The molecule has 1 N–H and O–H groups in total. The van der Waals surface area contributed by atoms with Gasteiger partial charge in [-0.25, -0.2) is 4.79 Å². The Balaban J connectivity index is 1.44. The van der Waals surface area contributed by atoms with Gasteiger partial charge in [0.1, 0.15) is 10.8 Å². The zero-order valence-electron chi connectivity index (χ0n) is 20.8. The van der Waals surface area contributed by atoms with Crippen molar-refractivity contribution in [1.29, 1.82) is 0 Å². The van der Waals surface area contributed by atoms with Crippen molar-refractivity contribution in [2.24, 2.45) is 0 Å². The molecule has 2 aromatic heterocycles. The van der Waals surface area contributed by atoms with Crippen molar-refractivity contribution in [3.63, 3.8) is 0 Å². The zero-order valence-corrected chi connectivity index (χ0v) is 21.6. The van der Waals surface area contributed by atoms with Crippen LogP contribution in [0.1, 0.15) is 58.6 Å². The highest BCUT2D eigenvalue weighted by Gasteiger charge is 2.36.